The van der Waals surface area contributed by atoms with Crippen molar-refractivity contribution >= 4 is 19.6 Å². The van der Waals surface area contributed by atoms with E-state index >= 15 is 0 Å². The van der Waals surface area contributed by atoms with E-state index < -0.39 is 8.80 Å². The van der Waals surface area contributed by atoms with E-state index in [0.717, 1.165) is 18.9 Å². The second-order valence-corrected chi connectivity index (χ2v) is 9.17. The van der Waals surface area contributed by atoms with E-state index in [4.69, 9.17) is 13.3 Å². The zero-order valence-corrected chi connectivity index (χ0v) is 16.1. The first-order valence-corrected chi connectivity index (χ1v) is 10.6. The molecule has 0 bridgehead atoms. The number of nitrogens with zero attached hydrogens (tertiary/aromatic N) is 1. The third-order valence-electron chi connectivity index (χ3n) is 4.61. The number of benzene rings is 1. The lowest BCUT2D eigenvalue weighted by atomic mass is 10.0. The molecular weight excluding hydrogens is 318 g/mol. The van der Waals surface area contributed by atoms with Gasteiger partial charge in [-0.2, -0.15) is 0 Å². The summed E-state index contributed by atoms with van der Waals surface area (Å²) in [5.41, 5.74) is 1.36. The molecular formula is C19H29NO3Si. The molecule has 0 fully saturated rings. The van der Waals surface area contributed by atoms with E-state index in [-0.39, 0.29) is 0 Å². The summed E-state index contributed by atoms with van der Waals surface area (Å²) in [4.78, 5) is 4.36. The van der Waals surface area contributed by atoms with Crippen molar-refractivity contribution in [3.8, 4) is 0 Å². The van der Waals surface area contributed by atoms with Crippen LogP contribution in [0.2, 0.25) is 6.04 Å². The molecule has 1 aromatic heterocycles. The molecule has 0 aliphatic heterocycles. The highest BCUT2D eigenvalue weighted by atomic mass is 28.4. The van der Waals surface area contributed by atoms with Crippen molar-refractivity contribution in [1.29, 1.82) is 0 Å². The second-order valence-electron chi connectivity index (χ2n) is 6.08. The molecule has 0 aliphatic carbocycles. The zero-order chi connectivity index (χ0) is 17.3. The van der Waals surface area contributed by atoms with Crippen LogP contribution in [0.4, 0.5) is 0 Å². The number of rotatable bonds is 11. The molecule has 0 saturated carbocycles. The highest BCUT2D eigenvalue weighted by Crippen LogP contribution is 2.21. The standard InChI is InChI=1S/C19H29NO3Si/c1-21-24(22-2,23-3)14-10-6-4-5-7-11-17-15-20-16-18-12-8-9-13-19(17)18/h8-9,12-13,15-16H,4-7,10-11,14H2,1-3H3. The molecule has 4 nitrogen and oxygen atoms in total. The molecule has 0 unspecified atom stereocenters. The summed E-state index contributed by atoms with van der Waals surface area (Å²) in [7, 11) is 2.66. The quantitative estimate of drug-likeness (QED) is 0.440. The number of hydrogen-bond donors (Lipinski definition) is 0. The molecule has 0 atom stereocenters. The number of aromatic nitrogens is 1. The number of aryl methyl sites for hydroxylation is 1. The third kappa shape index (κ3) is 5.11. The van der Waals surface area contributed by atoms with Gasteiger partial charge in [0.15, 0.2) is 0 Å². The van der Waals surface area contributed by atoms with Crippen molar-refractivity contribution in [2.75, 3.05) is 21.3 Å². The summed E-state index contributed by atoms with van der Waals surface area (Å²) in [6.45, 7) is 0. The monoisotopic (exact) mass is 347 g/mol. The van der Waals surface area contributed by atoms with Crippen LogP contribution < -0.4 is 0 Å². The summed E-state index contributed by atoms with van der Waals surface area (Å²) < 4.78 is 16.4. The molecule has 1 heterocycles. The van der Waals surface area contributed by atoms with Crippen LogP contribution >= 0.6 is 0 Å². The first-order valence-electron chi connectivity index (χ1n) is 8.72. The Balaban J connectivity index is 1.68. The number of fused-ring (bicyclic) bond motifs is 1. The van der Waals surface area contributed by atoms with Gasteiger partial charge in [0.2, 0.25) is 0 Å². The summed E-state index contributed by atoms with van der Waals surface area (Å²) in [5, 5.41) is 2.57. The van der Waals surface area contributed by atoms with Gasteiger partial charge in [-0.1, -0.05) is 43.5 Å². The molecule has 5 heteroatoms. The fraction of sp³-hybridized carbons (Fsp3) is 0.526. The molecule has 0 spiro atoms. The van der Waals surface area contributed by atoms with Gasteiger partial charge in [0, 0.05) is 45.2 Å². The molecule has 0 aliphatic rings. The lowest BCUT2D eigenvalue weighted by Gasteiger charge is -2.24. The zero-order valence-electron chi connectivity index (χ0n) is 15.1. The van der Waals surface area contributed by atoms with E-state index in [2.05, 4.69) is 29.2 Å². The fourth-order valence-corrected chi connectivity index (χ4v) is 4.92. The van der Waals surface area contributed by atoms with Gasteiger partial charge < -0.3 is 13.3 Å². The Morgan fingerprint density at radius 3 is 2.25 bits per heavy atom. The van der Waals surface area contributed by atoms with Crippen molar-refractivity contribution in [3.63, 3.8) is 0 Å². The molecule has 132 valence electrons. The largest absolute Gasteiger partial charge is 0.500 e. The number of hydrogen-bond acceptors (Lipinski definition) is 4. The van der Waals surface area contributed by atoms with Gasteiger partial charge in [0.1, 0.15) is 0 Å². The van der Waals surface area contributed by atoms with E-state index in [0.29, 0.717) is 0 Å². The van der Waals surface area contributed by atoms with Crippen LogP contribution in [0.1, 0.15) is 37.7 Å². The van der Waals surface area contributed by atoms with Crippen molar-refractivity contribution in [1.82, 2.24) is 4.98 Å². The Morgan fingerprint density at radius 2 is 1.50 bits per heavy atom. The average Bonchev–Trinajstić information content (AvgIpc) is 2.65. The van der Waals surface area contributed by atoms with Gasteiger partial charge in [-0.25, -0.2) is 0 Å². The van der Waals surface area contributed by atoms with Gasteiger partial charge in [0.05, 0.1) is 0 Å². The normalized spacial score (nSPS) is 12.0. The summed E-state index contributed by atoms with van der Waals surface area (Å²) in [5.74, 6) is 0. The number of pyridine rings is 1. The fourth-order valence-electron chi connectivity index (χ4n) is 3.12. The molecule has 0 N–H and O–H groups in total. The topological polar surface area (TPSA) is 40.6 Å². The first kappa shape index (κ1) is 19.1. The maximum absolute atomic E-state index is 5.45. The molecule has 2 aromatic rings. The Labute approximate surface area is 146 Å². The highest BCUT2D eigenvalue weighted by Gasteiger charge is 2.36. The Kier molecular flexibility index (Phi) is 7.85. The van der Waals surface area contributed by atoms with E-state index in [1.807, 2.05) is 12.4 Å². The SMILES string of the molecule is CO[Si](CCCCCCCc1cncc2ccccc12)(OC)OC. The van der Waals surface area contributed by atoms with Crippen LogP contribution in [0, 0.1) is 0 Å². The highest BCUT2D eigenvalue weighted by molar-refractivity contribution is 6.60. The van der Waals surface area contributed by atoms with Gasteiger partial charge in [-0.05, 0) is 30.2 Å². The Hall–Kier alpha value is -1.27. The van der Waals surface area contributed by atoms with Crippen LogP contribution in [0.25, 0.3) is 10.8 Å². The van der Waals surface area contributed by atoms with Crippen molar-refractivity contribution in [2.45, 2.75) is 44.6 Å². The van der Waals surface area contributed by atoms with Crippen molar-refractivity contribution in [2.24, 2.45) is 0 Å². The molecule has 2 rings (SSSR count). The van der Waals surface area contributed by atoms with Gasteiger partial charge in [0.25, 0.3) is 0 Å². The van der Waals surface area contributed by atoms with Crippen LogP contribution in [0.5, 0.6) is 0 Å². The molecule has 1 aromatic carbocycles. The predicted molar refractivity (Wildman–Crippen MR) is 100 cm³/mol. The maximum Gasteiger partial charge on any atom is 0.500 e. The smallest absolute Gasteiger partial charge is 0.377 e. The van der Waals surface area contributed by atoms with Crippen LogP contribution in [-0.4, -0.2) is 35.1 Å². The minimum atomic E-state index is -2.38. The summed E-state index contributed by atoms with van der Waals surface area (Å²) >= 11 is 0. The maximum atomic E-state index is 5.45. The first-order chi connectivity index (χ1) is 11.7. The van der Waals surface area contributed by atoms with Crippen molar-refractivity contribution in [3.05, 3.63) is 42.2 Å². The van der Waals surface area contributed by atoms with E-state index in [9.17, 15) is 0 Å². The van der Waals surface area contributed by atoms with Gasteiger partial charge >= 0.3 is 8.80 Å². The van der Waals surface area contributed by atoms with Crippen LogP contribution in [0.15, 0.2) is 36.7 Å². The van der Waals surface area contributed by atoms with Gasteiger partial charge in [-0.15, -0.1) is 0 Å². The van der Waals surface area contributed by atoms with Crippen LogP contribution in [0.3, 0.4) is 0 Å². The van der Waals surface area contributed by atoms with Crippen LogP contribution in [-0.2, 0) is 19.7 Å². The minimum Gasteiger partial charge on any atom is -0.377 e. The molecule has 0 amide bonds. The Bertz CT molecular complexity index is 603. The third-order valence-corrected chi connectivity index (χ3v) is 7.44. The molecule has 24 heavy (non-hydrogen) atoms. The molecule has 0 radical (unpaired) electrons. The number of unbranched alkanes of at least 4 members (excludes halogenated alkanes) is 4. The van der Waals surface area contributed by atoms with E-state index in [1.54, 1.807) is 21.3 Å². The lowest BCUT2D eigenvalue weighted by molar-refractivity contribution is 0.122. The second kappa shape index (κ2) is 9.89. The Morgan fingerprint density at radius 1 is 0.833 bits per heavy atom. The average molecular weight is 348 g/mol. The predicted octanol–water partition coefficient (Wildman–Crippen LogP) is 4.61. The van der Waals surface area contributed by atoms with E-state index in [1.165, 1.54) is 42.0 Å². The summed E-state index contributed by atoms with van der Waals surface area (Å²) in [6, 6.07) is 9.38. The van der Waals surface area contributed by atoms with Crippen molar-refractivity contribution < 1.29 is 13.3 Å². The lowest BCUT2D eigenvalue weighted by Crippen LogP contribution is -2.42. The summed E-state index contributed by atoms with van der Waals surface area (Å²) in [6.07, 6.45) is 11.0. The van der Waals surface area contributed by atoms with Gasteiger partial charge in [-0.3, -0.25) is 4.98 Å². The molecule has 0 saturated heterocycles. The minimum absolute atomic E-state index is 0.893.